The lowest BCUT2D eigenvalue weighted by Crippen LogP contribution is -2.57. The molecule has 1 aliphatic heterocycles. The minimum Gasteiger partial charge on any atom is -0.339 e. The summed E-state index contributed by atoms with van der Waals surface area (Å²) < 4.78 is 13.7. The molecule has 2 amide bonds. The van der Waals surface area contributed by atoms with Crippen molar-refractivity contribution in [2.75, 3.05) is 4.90 Å². The standard InChI is InChI=1S/C26H27FN4O2/c1-15-6-5-7-18(14-15)25(32)28-23-22(17-10-12-19(27)13-11-17)21-16(2)29-30-24(21)31(26(23)33)20-8-3-4-9-20/h5-7,10-14,20,22-23H,3-4,8-9H2,1-2H3,(H,28,32)(H,29,30)/t22-,23-/m0/s1. The van der Waals surface area contributed by atoms with Gasteiger partial charge in [0.1, 0.15) is 17.7 Å². The van der Waals surface area contributed by atoms with Gasteiger partial charge in [-0.2, -0.15) is 5.10 Å². The van der Waals surface area contributed by atoms with Crippen LogP contribution in [0.5, 0.6) is 0 Å². The third-order valence-corrected chi connectivity index (χ3v) is 6.85. The maximum Gasteiger partial charge on any atom is 0.251 e. The van der Waals surface area contributed by atoms with Crippen molar-refractivity contribution in [3.63, 3.8) is 0 Å². The van der Waals surface area contributed by atoms with E-state index in [1.807, 2.05) is 30.9 Å². The second-order valence-corrected chi connectivity index (χ2v) is 9.07. The number of halogens is 1. The highest BCUT2D eigenvalue weighted by Gasteiger charge is 2.47. The van der Waals surface area contributed by atoms with Gasteiger partial charge in [0.25, 0.3) is 11.8 Å². The number of benzene rings is 2. The number of aryl methyl sites for hydroxylation is 2. The van der Waals surface area contributed by atoms with Gasteiger partial charge in [-0.05, 0) is 56.5 Å². The number of aromatic amines is 1. The molecule has 2 aromatic carbocycles. The number of carbonyl (C=O) groups excluding carboxylic acids is 2. The molecule has 5 rings (SSSR count). The smallest absolute Gasteiger partial charge is 0.251 e. The summed E-state index contributed by atoms with van der Waals surface area (Å²) in [5, 5.41) is 10.5. The summed E-state index contributed by atoms with van der Waals surface area (Å²) in [5.41, 5.74) is 3.87. The first kappa shape index (κ1) is 21.4. The molecule has 2 heterocycles. The van der Waals surface area contributed by atoms with Crippen LogP contribution in [-0.4, -0.2) is 34.1 Å². The van der Waals surface area contributed by atoms with Crippen LogP contribution in [0.15, 0.2) is 48.5 Å². The number of hydrogen-bond donors (Lipinski definition) is 2. The van der Waals surface area contributed by atoms with Crippen LogP contribution in [0.25, 0.3) is 0 Å². The molecule has 2 atom stereocenters. The van der Waals surface area contributed by atoms with Crippen LogP contribution < -0.4 is 10.2 Å². The predicted octanol–water partition coefficient (Wildman–Crippen LogP) is 4.39. The average molecular weight is 447 g/mol. The molecule has 1 saturated carbocycles. The number of fused-ring (bicyclic) bond motifs is 1. The van der Waals surface area contributed by atoms with Crippen LogP contribution in [0.3, 0.4) is 0 Å². The zero-order valence-corrected chi connectivity index (χ0v) is 18.8. The molecule has 6 nitrogen and oxygen atoms in total. The summed E-state index contributed by atoms with van der Waals surface area (Å²) in [6.45, 7) is 3.82. The lowest BCUT2D eigenvalue weighted by Gasteiger charge is -2.40. The molecule has 2 N–H and O–H groups in total. The van der Waals surface area contributed by atoms with Gasteiger partial charge in [-0.25, -0.2) is 4.39 Å². The van der Waals surface area contributed by atoms with Crippen molar-refractivity contribution in [2.24, 2.45) is 0 Å². The maximum atomic E-state index is 14.0. The summed E-state index contributed by atoms with van der Waals surface area (Å²) in [6.07, 6.45) is 3.98. The highest BCUT2D eigenvalue weighted by Crippen LogP contribution is 2.43. The minimum atomic E-state index is -0.826. The van der Waals surface area contributed by atoms with E-state index in [1.165, 1.54) is 12.1 Å². The number of nitrogens with one attached hydrogen (secondary N) is 2. The van der Waals surface area contributed by atoms with E-state index in [0.29, 0.717) is 11.4 Å². The summed E-state index contributed by atoms with van der Waals surface area (Å²) in [6, 6.07) is 12.7. The van der Waals surface area contributed by atoms with E-state index in [4.69, 9.17) is 0 Å². The number of H-pyrrole nitrogens is 1. The van der Waals surface area contributed by atoms with Crippen molar-refractivity contribution in [3.8, 4) is 0 Å². The van der Waals surface area contributed by atoms with Gasteiger partial charge in [0.2, 0.25) is 0 Å². The molecule has 0 unspecified atom stereocenters. The van der Waals surface area contributed by atoms with Crippen molar-refractivity contribution in [2.45, 2.75) is 57.5 Å². The van der Waals surface area contributed by atoms with Crippen molar-refractivity contribution < 1.29 is 14.0 Å². The Labute approximate surface area is 192 Å². The van der Waals surface area contributed by atoms with E-state index in [1.54, 1.807) is 24.3 Å². The molecule has 0 bridgehead atoms. The molecule has 33 heavy (non-hydrogen) atoms. The van der Waals surface area contributed by atoms with Gasteiger partial charge in [-0.3, -0.25) is 19.6 Å². The van der Waals surface area contributed by atoms with E-state index in [0.717, 1.165) is 48.1 Å². The monoisotopic (exact) mass is 446 g/mol. The quantitative estimate of drug-likeness (QED) is 0.624. The molecule has 0 spiro atoms. The van der Waals surface area contributed by atoms with Gasteiger partial charge >= 0.3 is 0 Å². The maximum absolute atomic E-state index is 14.0. The first-order chi connectivity index (χ1) is 15.9. The molecule has 7 heteroatoms. The van der Waals surface area contributed by atoms with Crippen LogP contribution in [0.1, 0.15) is 64.3 Å². The number of carbonyl (C=O) groups is 2. The van der Waals surface area contributed by atoms with Crippen molar-refractivity contribution in [3.05, 3.63) is 82.3 Å². The predicted molar refractivity (Wildman–Crippen MR) is 124 cm³/mol. The fraction of sp³-hybridized carbons (Fsp3) is 0.346. The van der Waals surface area contributed by atoms with Gasteiger partial charge in [0.05, 0.1) is 5.69 Å². The van der Waals surface area contributed by atoms with Crippen LogP contribution >= 0.6 is 0 Å². The van der Waals surface area contributed by atoms with Crippen molar-refractivity contribution in [1.29, 1.82) is 0 Å². The number of rotatable bonds is 4. The Kier molecular flexibility index (Phi) is 5.48. The number of hydrogen-bond acceptors (Lipinski definition) is 3. The Hall–Kier alpha value is -3.48. The second kappa shape index (κ2) is 8.46. The topological polar surface area (TPSA) is 78.1 Å². The SMILES string of the molecule is Cc1cccc(C(=O)N[C@@H]2C(=O)N(C3CCCC3)c3[nH]nc(C)c3[C@@H]2c2ccc(F)cc2)c1. The lowest BCUT2D eigenvalue weighted by molar-refractivity contribution is -0.121. The lowest BCUT2D eigenvalue weighted by atomic mass is 9.80. The van der Waals surface area contributed by atoms with E-state index >= 15 is 0 Å². The Morgan fingerprint density at radius 1 is 1.12 bits per heavy atom. The second-order valence-electron chi connectivity index (χ2n) is 9.07. The third kappa shape index (κ3) is 3.81. The first-order valence-electron chi connectivity index (χ1n) is 11.4. The Morgan fingerprint density at radius 2 is 1.85 bits per heavy atom. The molecule has 1 aromatic heterocycles. The van der Waals surface area contributed by atoms with E-state index in [9.17, 15) is 14.0 Å². The van der Waals surface area contributed by atoms with Gasteiger partial charge < -0.3 is 5.32 Å². The fourth-order valence-electron chi connectivity index (χ4n) is 5.26. The van der Waals surface area contributed by atoms with E-state index in [2.05, 4.69) is 15.5 Å². The highest BCUT2D eigenvalue weighted by molar-refractivity contribution is 6.05. The zero-order valence-electron chi connectivity index (χ0n) is 18.8. The molecule has 0 saturated heterocycles. The molecule has 3 aromatic rings. The first-order valence-corrected chi connectivity index (χ1v) is 11.4. The van der Waals surface area contributed by atoms with Crippen LogP contribution in [0.4, 0.5) is 10.2 Å². The van der Waals surface area contributed by atoms with Gasteiger partial charge in [0, 0.05) is 23.1 Å². The number of anilines is 1. The summed E-state index contributed by atoms with van der Waals surface area (Å²) >= 11 is 0. The Balaban J connectivity index is 1.61. The Morgan fingerprint density at radius 3 is 2.55 bits per heavy atom. The van der Waals surface area contributed by atoms with Crippen LogP contribution in [-0.2, 0) is 4.79 Å². The minimum absolute atomic E-state index is 0.0728. The molecular weight excluding hydrogens is 419 g/mol. The molecule has 0 radical (unpaired) electrons. The average Bonchev–Trinajstić information content (AvgIpc) is 3.46. The van der Waals surface area contributed by atoms with Gasteiger partial charge in [-0.15, -0.1) is 0 Å². The highest BCUT2D eigenvalue weighted by atomic mass is 19.1. The van der Waals surface area contributed by atoms with E-state index < -0.39 is 12.0 Å². The van der Waals surface area contributed by atoms with Crippen LogP contribution in [0.2, 0.25) is 0 Å². The number of nitrogens with zero attached hydrogens (tertiary/aromatic N) is 2. The summed E-state index contributed by atoms with van der Waals surface area (Å²) in [5.74, 6) is -0.593. The zero-order chi connectivity index (χ0) is 23.1. The molecular formula is C26H27FN4O2. The van der Waals surface area contributed by atoms with Crippen molar-refractivity contribution in [1.82, 2.24) is 15.5 Å². The van der Waals surface area contributed by atoms with Crippen LogP contribution in [0, 0.1) is 19.7 Å². The molecule has 2 aliphatic rings. The van der Waals surface area contributed by atoms with Gasteiger partial charge in [0.15, 0.2) is 0 Å². The van der Waals surface area contributed by atoms with E-state index in [-0.39, 0.29) is 23.7 Å². The van der Waals surface area contributed by atoms with Gasteiger partial charge in [-0.1, -0.05) is 42.7 Å². The Bertz CT molecular complexity index is 1200. The summed E-state index contributed by atoms with van der Waals surface area (Å²) in [4.78, 5) is 29.0. The largest absolute Gasteiger partial charge is 0.339 e. The third-order valence-electron chi connectivity index (χ3n) is 6.85. The number of amides is 2. The number of aromatic nitrogens is 2. The molecule has 170 valence electrons. The molecule has 1 aliphatic carbocycles. The molecule has 1 fully saturated rings. The normalized spacial score (nSPS) is 20.7. The van der Waals surface area contributed by atoms with Crippen molar-refractivity contribution >= 4 is 17.6 Å². The summed E-state index contributed by atoms with van der Waals surface area (Å²) in [7, 11) is 0. The fourth-order valence-corrected chi connectivity index (χ4v) is 5.26.